The Morgan fingerprint density at radius 3 is 1.80 bits per heavy atom. The Morgan fingerprint density at radius 2 is 1.25 bits per heavy atom. The molecule has 0 saturated carbocycles. The summed E-state index contributed by atoms with van der Waals surface area (Å²) in [6.07, 6.45) is 12.0. The summed E-state index contributed by atoms with van der Waals surface area (Å²) in [5.74, 6) is 2.04. The van der Waals surface area contributed by atoms with Gasteiger partial charge in [-0.15, -0.1) is 0 Å². The van der Waals surface area contributed by atoms with Crippen molar-refractivity contribution in [1.29, 1.82) is 0 Å². The lowest BCUT2D eigenvalue weighted by Gasteiger charge is -2.06. The normalized spacial score (nSPS) is 10.7. The van der Waals surface area contributed by atoms with Crippen LogP contribution < -0.4 is 4.74 Å². The maximum atomic E-state index is 5.73. The summed E-state index contributed by atoms with van der Waals surface area (Å²) in [6, 6.07) is 8.31. The molecule has 0 bridgehead atoms. The molecule has 0 spiro atoms. The number of unbranched alkanes of at least 4 members (excludes halogenated alkanes) is 8. The van der Waals surface area contributed by atoms with Crippen molar-refractivity contribution in [3.8, 4) is 5.75 Å². The van der Waals surface area contributed by atoms with E-state index in [1.807, 2.05) is 0 Å². The molecule has 0 aliphatic carbocycles. The molecule has 2 heteroatoms. The van der Waals surface area contributed by atoms with Gasteiger partial charge in [-0.2, -0.15) is 12.6 Å². The van der Waals surface area contributed by atoms with Crippen LogP contribution in [0.4, 0.5) is 0 Å². The molecular weight excluding hydrogens is 264 g/mol. The van der Waals surface area contributed by atoms with Crippen molar-refractivity contribution in [3.63, 3.8) is 0 Å². The van der Waals surface area contributed by atoms with Crippen LogP contribution in [0, 0.1) is 6.92 Å². The van der Waals surface area contributed by atoms with Gasteiger partial charge in [0.15, 0.2) is 0 Å². The third kappa shape index (κ3) is 9.30. The van der Waals surface area contributed by atoms with E-state index in [0.29, 0.717) is 0 Å². The quantitative estimate of drug-likeness (QED) is 0.378. The largest absolute Gasteiger partial charge is 0.494 e. The van der Waals surface area contributed by atoms with E-state index in [1.165, 1.54) is 63.4 Å². The summed E-state index contributed by atoms with van der Waals surface area (Å²) in [5, 5.41) is 0. The van der Waals surface area contributed by atoms with Gasteiger partial charge in [0.2, 0.25) is 0 Å². The second kappa shape index (κ2) is 12.1. The first-order valence-corrected chi connectivity index (χ1v) is 8.76. The predicted octanol–water partition coefficient (Wildman–Crippen LogP) is 5.81. The van der Waals surface area contributed by atoms with Crippen LogP contribution in [-0.4, -0.2) is 12.4 Å². The van der Waals surface area contributed by atoms with E-state index in [-0.39, 0.29) is 0 Å². The van der Waals surface area contributed by atoms with Crippen molar-refractivity contribution in [2.75, 3.05) is 12.4 Å². The highest BCUT2D eigenvalue weighted by atomic mass is 32.1. The SMILES string of the molecule is Cc1ccc(OCCCCCCCCCCCS)cc1. The Hall–Kier alpha value is -0.630. The Kier molecular flexibility index (Phi) is 10.6. The van der Waals surface area contributed by atoms with E-state index in [0.717, 1.165) is 18.1 Å². The molecule has 0 atom stereocenters. The lowest BCUT2D eigenvalue weighted by molar-refractivity contribution is 0.304. The zero-order valence-electron chi connectivity index (χ0n) is 12.9. The van der Waals surface area contributed by atoms with Crippen molar-refractivity contribution >= 4 is 12.6 Å². The minimum atomic E-state index is 0.852. The minimum Gasteiger partial charge on any atom is -0.494 e. The van der Waals surface area contributed by atoms with Gasteiger partial charge in [0.05, 0.1) is 6.61 Å². The van der Waals surface area contributed by atoms with Crippen LogP contribution in [0.25, 0.3) is 0 Å². The Balaban J connectivity index is 1.84. The summed E-state index contributed by atoms with van der Waals surface area (Å²) < 4.78 is 5.73. The van der Waals surface area contributed by atoms with Crippen LogP contribution in [0.1, 0.15) is 63.4 Å². The number of hydrogen-bond donors (Lipinski definition) is 1. The summed E-state index contributed by atoms with van der Waals surface area (Å²) in [4.78, 5) is 0. The molecule has 0 heterocycles. The zero-order chi connectivity index (χ0) is 14.5. The average Bonchev–Trinajstić information content (AvgIpc) is 2.47. The molecule has 1 nitrogen and oxygen atoms in total. The van der Waals surface area contributed by atoms with Crippen LogP contribution in [0.5, 0.6) is 5.75 Å². The smallest absolute Gasteiger partial charge is 0.119 e. The van der Waals surface area contributed by atoms with E-state index in [4.69, 9.17) is 4.74 Å². The van der Waals surface area contributed by atoms with Crippen molar-refractivity contribution in [2.24, 2.45) is 0 Å². The molecule has 0 aliphatic rings. The zero-order valence-corrected chi connectivity index (χ0v) is 13.8. The predicted molar refractivity (Wildman–Crippen MR) is 92.1 cm³/mol. The maximum Gasteiger partial charge on any atom is 0.119 e. The van der Waals surface area contributed by atoms with Crippen LogP contribution >= 0.6 is 12.6 Å². The Labute approximate surface area is 130 Å². The molecule has 1 aromatic rings. The number of ether oxygens (including phenoxy) is 1. The van der Waals surface area contributed by atoms with Gasteiger partial charge in [-0.3, -0.25) is 0 Å². The summed E-state index contributed by atoms with van der Waals surface area (Å²) in [5.41, 5.74) is 1.28. The van der Waals surface area contributed by atoms with Crippen LogP contribution in [0.3, 0.4) is 0 Å². The fraction of sp³-hybridized carbons (Fsp3) is 0.667. The van der Waals surface area contributed by atoms with E-state index >= 15 is 0 Å². The lowest BCUT2D eigenvalue weighted by Crippen LogP contribution is -1.97. The van der Waals surface area contributed by atoms with E-state index < -0.39 is 0 Å². The van der Waals surface area contributed by atoms with E-state index in [9.17, 15) is 0 Å². The molecule has 114 valence electrons. The molecule has 0 N–H and O–H groups in total. The minimum absolute atomic E-state index is 0.852. The number of rotatable bonds is 12. The summed E-state index contributed by atoms with van der Waals surface area (Å²) >= 11 is 4.23. The maximum absolute atomic E-state index is 5.73. The summed E-state index contributed by atoms with van der Waals surface area (Å²) in [6.45, 7) is 2.95. The van der Waals surface area contributed by atoms with Crippen molar-refractivity contribution < 1.29 is 4.74 Å². The monoisotopic (exact) mass is 294 g/mol. The van der Waals surface area contributed by atoms with E-state index in [1.54, 1.807) is 0 Å². The van der Waals surface area contributed by atoms with Crippen LogP contribution in [0.2, 0.25) is 0 Å². The number of aryl methyl sites for hydroxylation is 1. The lowest BCUT2D eigenvalue weighted by atomic mass is 10.1. The molecule has 0 radical (unpaired) electrons. The van der Waals surface area contributed by atoms with Crippen molar-refractivity contribution in [2.45, 2.75) is 64.7 Å². The molecule has 0 aromatic heterocycles. The van der Waals surface area contributed by atoms with Gasteiger partial charge in [0, 0.05) is 0 Å². The molecule has 1 rings (SSSR count). The van der Waals surface area contributed by atoms with Gasteiger partial charge in [0.1, 0.15) is 5.75 Å². The van der Waals surface area contributed by atoms with Crippen LogP contribution in [-0.2, 0) is 0 Å². The second-order valence-corrected chi connectivity index (χ2v) is 6.01. The van der Waals surface area contributed by atoms with Gasteiger partial charge >= 0.3 is 0 Å². The van der Waals surface area contributed by atoms with Gasteiger partial charge in [-0.1, -0.05) is 62.6 Å². The molecule has 0 amide bonds. The standard InChI is InChI=1S/C18H30OS/c1-17-11-13-18(14-12-17)19-15-9-7-5-3-2-4-6-8-10-16-20/h11-14,20H,2-10,15-16H2,1H3. The molecule has 0 aliphatic heterocycles. The van der Waals surface area contributed by atoms with Gasteiger partial charge in [-0.25, -0.2) is 0 Å². The highest BCUT2D eigenvalue weighted by Gasteiger charge is 1.95. The molecule has 20 heavy (non-hydrogen) atoms. The van der Waals surface area contributed by atoms with Crippen LogP contribution in [0.15, 0.2) is 24.3 Å². The topological polar surface area (TPSA) is 9.23 Å². The Morgan fingerprint density at radius 1 is 0.750 bits per heavy atom. The second-order valence-electron chi connectivity index (χ2n) is 5.57. The Bertz CT molecular complexity index is 321. The number of benzene rings is 1. The summed E-state index contributed by atoms with van der Waals surface area (Å²) in [7, 11) is 0. The van der Waals surface area contributed by atoms with E-state index in [2.05, 4.69) is 43.8 Å². The molecule has 0 fully saturated rings. The average molecular weight is 295 g/mol. The molecule has 0 unspecified atom stereocenters. The highest BCUT2D eigenvalue weighted by molar-refractivity contribution is 7.80. The number of thiol groups is 1. The fourth-order valence-corrected chi connectivity index (χ4v) is 2.50. The van der Waals surface area contributed by atoms with Gasteiger partial charge in [-0.05, 0) is 37.7 Å². The third-order valence-corrected chi connectivity index (χ3v) is 3.91. The first kappa shape index (κ1) is 17.4. The first-order valence-electron chi connectivity index (χ1n) is 8.13. The molecule has 0 saturated heterocycles. The molecular formula is C18H30OS. The van der Waals surface area contributed by atoms with Gasteiger partial charge in [0.25, 0.3) is 0 Å². The number of hydrogen-bond acceptors (Lipinski definition) is 2. The van der Waals surface area contributed by atoms with Crippen molar-refractivity contribution in [1.82, 2.24) is 0 Å². The first-order chi connectivity index (χ1) is 9.83. The van der Waals surface area contributed by atoms with Crippen molar-refractivity contribution in [3.05, 3.63) is 29.8 Å². The highest BCUT2D eigenvalue weighted by Crippen LogP contribution is 2.13. The third-order valence-electron chi connectivity index (χ3n) is 3.59. The molecule has 1 aromatic carbocycles. The fourth-order valence-electron chi connectivity index (χ4n) is 2.28. The van der Waals surface area contributed by atoms with Gasteiger partial charge < -0.3 is 4.74 Å².